The molecule has 2 nitrogen and oxygen atoms in total. The minimum atomic E-state index is -0.173. The number of fused-ring (bicyclic) bond motifs is 1. The average molecular weight is 307 g/mol. The molecule has 120 valence electrons. The van der Waals surface area contributed by atoms with Gasteiger partial charge in [-0.3, -0.25) is 0 Å². The molecule has 2 aromatic carbocycles. The predicted molar refractivity (Wildman–Crippen MR) is 97.9 cm³/mol. The zero-order valence-corrected chi connectivity index (χ0v) is 14.2. The Balaban J connectivity index is 1.78. The van der Waals surface area contributed by atoms with Crippen LogP contribution < -0.4 is 10.1 Å². The number of ether oxygens (including phenoxy) is 1. The third-order valence-corrected chi connectivity index (χ3v) is 4.39. The van der Waals surface area contributed by atoms with Crippen LogP contribution in [0, 0.1) is 6.92 Å². The monoisotopic (exact) mass is 307 g/mol. The molecule has 0 amide bonds. The smallest absolute Gasteiger partial charge is 0.128 e. The van der Waals surface area contributed by atoms with Crippen LogP contribution in [-0.4, -0.2) is 5.60 Å². The van der Waals surface area contributed by atoms with Crippen molar-refractivity contribution in [3.05, 3.63) is 65.2 Å². The van der Waals surface area contributed by atoms with Gasteiger partial charge in [-0.2, -0.15) is 0 Å². The highest BCUT2D eigenvalue weighted by Gasteiger charge is 2.26. The summed E-state index contributed by atoms with van der Waals surface area (Å²) in [5, 5.41) is 3.54. The third-order valence-electron chi connectivity index (χ3n) is 4.39. The van der Waals surface area contributed by atoms with Crippen molar-refractivity contribution in [2.45, 2.75) is 45.8 Å². The number of hydrogen-bond acceptors (Lipinski definition) is 2. The Morgan fingerprint density at radius 3 is 2.65 bits per heavy atom. The van der Waals surface area contributed by atoms with E-state index in [2.05, 4.69) is 74.6 Å². The topological polar surface area (TPSA) is 21.3 Å². The average Bonchev–Trinajstić information content (AvgIpc) is 2.54. The van der Waals surface area contributed by atoms with Gasteiger partial charge in [-0.05, 0) is 49.6 Å². The van der Waals surface area contributed by atoms with Crippen molar-refractivity contribution < 1.29 is 4.74 Å². The van der Waals surface area contributed by atoms with Crippen LogP contribution in [0.5, 0.6) is 5.75 Å². The number of hydrogen-bond donors (Lipinski definition) is 1. The maximum atomic E-state index is 6.24. The highest BCUT2D eigenvalue weighted by molar-refractivity contribution is 5.68. The quantitative estimate of drug-likeness (QED) is 0.779. The molecular weight excluding hydrogens is 282 g/mol. The Morgan fingerprint density at radius 1 is 1.13 bits per heavy atom. The maximum Gasteiger partial charge on any atom is 0.128 e. The molecule has 0 fully saturated rings. The van der Waals surface area contributed by atoms with Crippen molar-refractivity contribution in [2.75, 3.05) is 5.32 Å². The summed E-state index contributed by atoms with van der Waals surface area (Å²) in [4.78, 5) is 0. The molecule has 0 spiro atoms. The molecule has 1 aliphatic rings. The van der Waals surface area contributed by atoms with Gasteiger partial charge in [0.15, 0.2) is 0 Å². The first kappa shape index (κ1) is 15.7. The second kappa shape index (κ2) is 6.49. The van der Waals surface area contributed by atoms with E-state index in [9.17, 15) is 0 Å². The minimum absolute atomic E-state index is 0.173. The Hall–Kier alpha value is -2.22. The van der Waals surface area contributed by atoms with E-state index in [4.69, 9.17) is 4.74 Å². The molecule has 2 heteroatoms. The van der Waals surface area contributed by atoms with E-state index in [1.165, 1.54) is 16.8 Å². The largest absolute Gasteiger partial charge is 0.483 e. The molecule has 0 aromatic heterocycles. The molecule has 3 rings (SSSR count). The molecule has 1 unspecified atom stereocenters. The van der Waals surface area contributed by atoms with Gasteiger partial charge in [-0.25, -0.2) is 0 Å². The van der Waals surface area contributed by atoms with Gasteiger partial charge in [0.25, 0.3) is 0 Å². The number of aryl methyl sites for hydroxylation is 1. The van der Waals surface area contributed by atoms with Gasteiger partial charge >= 0.3 is 0 Å². The minimum Gasteiger partial charge on any atom is -0.483 e. The molecule has 0 saturated heterocycles. The first-order valence-electron chi connectivity index (χ1n) is 8.40. The van der Waals surface area contributed by atoms with E-state index in [0.717, 1.165) is 30.7 Å². The van der Waals surface area contributed by atoms with E-state index < -0.39 is 0 Å². The van der Waals surface area contributed by atoms with Crippen LogP contribution >= 0.6 is 0 Å². The van der Waals surface area contributed by atoms with Gasteiger partial charge in [0.2, 0.25) is 0 Å². The number of nitrogens with one attached hydrogen (secondary N) is 1. The number of anilines is 1. The molecule has 2 aromatic rings. The second-order valence-corrected chi connectivity index (χ2v) is 6.54. The van der Waals surface area contributed by atoms with Crippen molar-refractivity contribution >= 4 is 11.8 Å². The molecule has 0 saturated carbocycles. The van der Waals surface area contributed by atoms with Crippen molar-refractivity contribution in [1.82, 2.24) is 0 Å². The van der Waals surface area contributed by atoms with Gasteiger partial charge in [-0.15, -0.1) is 0 Å². The van der Waals surface area contributed by atoms with Gasteiger partial charge in [0.05, 0.1) is 0 Å². The normalized spacial score (nSPS) is 19.1. The molecule has 0 bridgehead atoms. The Morgan fingerprint density at radius 2 is 1.91 bits per heavy atom. The van der Waals surface area contributed by atoms with Crippen LogP contribution in [0.3, 0.4) is 0 Å². The second-order valence-electron chi connectivity index (χ2n) is 6.54. The van der Waals surface area contributed by atoms with Gasteiger partial charge < -0.3 is 10.1 Å². The molecule has 1 atom stereocenters. The van der Waals surface area contributed by atoms with Crippen LogP contribution in [0.15, 0.2) is 48.5 Å². The fourth-order valence-corrected chi connectivity index (χ4v) is 3.08. The summed E-state index contributed by atoms with van der Waals surface area (Å²) in [5.41, 5.74) is 4.65. The Bertz CT molecular complexity index is 705. The lowest BCUT2D eigenvalue weighted by atomic mass is 9.94. The molecule has 1 heterocycles. The zero-order valence-electron chi connectivity index (χ0n) is 14.2. The van der Waals surface area contributed by atoms with Crippen LogP contribution in [0.2, 0.25) is 0 Å². The van der Waals surface area contributed by atoms with Crippen molar-refractivity contribution in [3.63, 3.8) is 0 Å². The molecule has 1 N–H and O–H groups in total. The third kappa shape index (κ3) is 3.58. The lowest BCUT2D eigenvalue weighted by Crippen LogP contribution is -2.31. The lowest BCUT2D eigenvalue weighted by molar-refractivity contribution is 0.126. The highest BCUT2D eigenvalue weighted by Crippen LogP contribution is 2.36. The van der Waals surface area contributed by atoms with E-state index >= 15 is 0 Å². The summed E-state index contributed by atoms with van der Waals surface area (Å²) in [6, 6.07) is 14.8. The Labute approximate surface area is 139 Å². The highest BCUT2D eigenvalue weighted by atomic mass is 16.5. The van der Waals surface area contributed by atoms with Gasteiger partial charge in [0, 0.05) is 17.8 Å². The summed E-state index contributed by atoms with van der Waals surface area (Å²) >= 11 is 0. The van der Waals surface area contributed by atoms with Crippen LogP contribution in [0.4, 0.5) is 5.69 Å². The van der Waals surface area contributed by atoms with Crippen molar-refractivity contribution in [3.8, 4) is 5.75 Å². The van der Waals surface area contributed by atoms with E-state index in [0.29, 0.717) is 0 Å². The van der Waals surface area contributed by atoms with Gasteiger partial charge in [-0.1, -0.05) is 49.8 Å². The van der Waals surface area contributed by atoms with Gasteiger partial charge in [0.1, 0.15) is 11.4 Å². The molecule has 23 heavy (non-hydrogen) atoms. The summed E-state index contributed by atoms with van der Waals surface area (Å²) in [5.74, 6) is 0.992. The summed E-state index contributed by atoms with van der Waals surface area (Å²) in [7, 11) is 0. The summed E-state index contributed by atoms with van der Waals surface area (Å²) in [6.45, 7) is 7.32. The molecule has 0 aliphatic carbocycles. The first-order valence-corrected chi connectivity index (χ1v) is 8.40. The molecular formula is C21H25NO. The van der Waals surface area contributed by atoms with E-state index in [1.54, 1.807) is 0 Å². The van der Waals surface area contributed by atoms with E-state index in [-0.39, 0.29) is 5.60 Å². The maximum absolute atomic E-state index is 6.24. The van der Waals surface area contributed by atoms with Crippen molar-refractivity contribution in [1.29, 1.82) is 0 Å². The Kier molecular flexibility index (Phi) is 4.42. The summed E-state index contributed by atoms with van der Waals surface area (Å²) < 4.78 is 6.24. The van der Waals surface area contributed by atoms with E-state index in [1.807, 2.05) is 6.07 Å². The molecule has 0 radical (unpaired) electrons. The SMILES string of the molecule is CCCC1(C)C=Cc2cc(NCc3ccccc3)c(C)cc2O1. The van der Waals surface area contributed by atoms with Crippen LogP contribution in [0.25, 0.3) is 6.08 Å². The zero-order chi connectivity index (χ0) is 16.3. The number of benzene rings is 2. The molecule has 1 aliphatic heterocycles. The first-order chi connectivity index (χ1) is 11.1. The fraction of sp³-hybridized carbons (Fsp3) is 0.333. The fourth-order valence-electron chi connectivity index (χ4n) is 3.08. The number of rotatable bonds is 5. The predicted octanol–water partition coefficient (Wildman–Crippen LogP) is 5.57. The summed E-state index contributed by atoms with van der Waals surface area (Å²) in [6.07, 6.45) is 6.54. The lowest BCUT2D eigenvalue weighted by Gasteiger charge is -2.32. The van der Waals surface area contributed by atoms with Crippen molar-refractivity contribution in [2.24, 2.45) is 0 Å². The van der Waals surface area contributed by atoms with Crippen LogP contribution in [-0.2, 0) is 6.54 Å². The van der Waals surface area contributed by atoms with Crippen LogP contribution in [0.1, 0.15) is 43.4 Å². The standard InChI is InChI=1S/C21H25NO/c1-4-11-21(3)12-10-18-14-19(16(2)13-20(18)23-21)22-15-17-8-6-5-7-9-17/h5-10,12-14,22H,4,11,15H2,1-3H3.